The lowest BCUT2D eigenvalue weighted by Gasteiger charge is -2.15. The first-order chi connectivity index (χ1) is 13.5. The van der Waals surface area contributed by atoms with Crippen LogP contribution in [0.5, 0.6) is 0 Å². The highest BCUT2D eigenvalue weighted by molar-refractivity contribution is 6.21. The summed E-state index contributed by atoms with van der Waals surface area (Å²) in [6.07, 6.45) is -0.395. The Hall–Kier alpha value is -3.99. The SMILES string of the molecule is N#CCC(=O)Nc1ccccc1NC(=O)CCN1C(=O)c2ccccc2C1=O. The molecule has 1 aliphatic heterocycles. The molecule has 0 radical (unpaired) electrons. The van der Waals surface area contributed by atoms with Crippen molar-refractivity contribution in [3.8, 4) is 6.07 Å². The number of hydrogen-bond donors (Lipinski definition) is 2. The van der Waals surface area contributed by atoms with Crippen molar-refractivity contribution in [3.05, 3.63) is 59.7 Å². The largest absolute Gasteiger partial charge is 0.324 e. The van der Waals surface area contributed by atoms with Gasteiger partial charge in [0.1, 0.15) is 6.42 Å². The topological polar surface area (TPSA) is 119 Å². The number of para-hydroxylation sites is 2. The van der Waals surface area contributed by atoms with Crippen LogP contribution in [0.1, 0.15) is 33.6 Å². The first kappa shape index (κ1) is 18.8. The summed E-state index contributed by atoms with van der Waals surface area (Å²) < 4.78 is 0. The van der Waals surface area contributed by atoms with Crippen LogP contribution in [0.3, 0.4) is 0 Å². The maximum atomic E-state index is 12.3. The quantitative estimate of drug-likeness (QED) is 0.749. The summed E-state index contributed by atoms with van der Waals surface area (Å²) in [5.74, 6) is -1.75. The molecule has 0 spiro atoms. The van der Waals surface area contributed by atoms with Crippen molar-refractivity contribution < 1.29 is 19.2 Å². The number of nitrogens with one attached hydrogen (secondary N) is 2. The minimum atomic E-state index is -0.491. The number of amides is 4. The Morgan fingerprint density at radius 1 is 0.857 bits per heavy atom. The van der Waals surface area contributed by atoms with Crippen LogP contribution in [0.4, 0.5) is 11.4 Å². The van der Waals surface area contributed by atoms with Crippen molar-refractivity contribution in [2.24, 2.45) is 0 Å². The summed E-state index contributed by atoms with van der Waals surface area (Å²) in [6.45, 7) is -0.0544. The number of imide groups is 1. The number of benzene rings is 2. The second kappa shape index (κ2) is 8.14. The Balaban J connectivity index is 1.62. The van der Waals surface area contributed by atoms with Gasteiger partial charge in [-0.1, -0.05) is 24.3 Å². The lowest BCUT2D eigenvalue weighted by atomic mass is 10.1. The highest BCUT2D eigenvalue weighted by Crippen LogP contribution is 2.24. The van der Waals surface area contributed by atoms with Crippen molar-refractivity contribution in [2.45, 2.75) is 12.8 Å². The molecule has 8 heteroatoms. The van der Waals surface area contributed by atoms with Crippen molar-refractivity contribution in [3.63, 3.8) is 0 Å². The number of nitriles is 1. The van der Waals surface area contributed by atoms with E-state index < -0.39 is 23.6 Å². The van der Waals surface area contributed by atoms with Crippen LogP contribution >= 0.6 is 0 Å². The predicted molar refractivity (Wildman–Crippen MR) is 100 cm³/mol. The van der Waals surface area contributed by atoms with Gasteiger partial charge in [0.05, 0.1) is 28.6 Å². The molecule has 2 aromatic carbocycles. The van der Waals surface area contributed by atoms with Crippen LogP contribution in [-0.2, 0) is 9.59 Å². The molecule has 140 valence electrons. The predicted octanol–water partition coefficient (Wildman–Crippen LogP) is 2.16. The van der Waals surface area contributed by atoms with Gasteiger partial charge in [0.2, 0.25) is 11.8 Å². The molecule has 0 atom stereocenters. The number of fused-ring (bicyclic) bond motifs is 1. The average molecular weight is 376 g/mol. The van der Waals surface area contributed by atoms with E-state index in [9.17, 15) is 19.2 Å². The molecule has 0 bridgehead atoms. The fourth-order valence-corrected chi connectivity index (χ4v) is 2.84. The fourth-order valence-electron chi connectivity index (χ4n) is 2.84. The van der Waals surface area contributed by atoms with Gasteiger partial charge in [-0.25, -0.2) is 0 Å². The molecule has 0 saturated carbocycles. The van der Waals surface area contributed by atoms with Gasteiger partial charge in [0.15, 0.2) is 0 Å². The zero-order chi connectivity index (χ0) is 20.1. The Bertz CT molecular complexity index is 974. The van der Waals surface area contributed by atoms with Gasteiger partial charge in [-0.05, 0) is 24.3 Å². The van der Waals surface area contributed by atoms with Crippen LogP contribution in [0.15, 0.2) is 48.5 Å². The second-order valence-electron chi connectivity index (χ2n) is 6.03. The molecule has 1 aliphatic rings. The van der Waals surface area contributed by atoms with Crippen LogP contribution < -0.4 is 10.6 Å². The van der Waals surface area contributed by atoms with Gasteiger partial charge in [0.25, 0.3) is 11.8 Å². The molecule has 1 heterocycles. The molecular weight excluding hydrogens is 360 g/mol. The van der Waals surface area contributed by atoms with E-state index in [0.29, 0.717) is 22.5 Å². The van der Waals surface area contributed by atoms with E-state index in [1.165, 1.54) is 0 Å². The lowest BCUT2D eigenvalue weighted by molar-refractivity contribution is -0.116. The van der Waals surface area contributed by atoms with Gasteiger partial charge >= 0.3 is 0 Å². The van der Waals surface area contributed by atoms with Gasteiger partial charge in [-0.2, -0.15) is 5.26 Å². The maximum absolute atomic E-state index is 12.3. The first-order valence-corrected chi connectivity index (χ1v) is 8.52. The summed E-state index contributed by atoms with van der Waals surface area (Å²) in [7, 11) is 0. The smallest absolute Gasteiger partial charge is 0.261 e. The maximum Gasteiger partial charge on any atom is 0.261 e. The van der Waals surface area contributed by atoms with Crippen molar-refractivity contribution >= 4 is 35.0 Å². The van der Waals surface area contributed by atoms with Crippen LogP contribution in [-0.4, -0.2) is 35.1 Å². The van der Waals surface area contributed by atoms with E-state index in [0.717, 1.165) is 4.90 Å². The summed E-state index contributed by atoms with van der Waals surface area (Å²) in [5.41, 5.74) is 1.38. The first-order valence-electron chi connectivity index (χ1n) is 8.52. The van der Waals surface area contributed by atoms with Crippen LogP contribution in [0.25, 0.3) is 0 Å². The number of rotatable bonds is 6. The molecule has 2 aromatic rings. The zero-order valence-corrected chi connectivity index (χ0v) is 14.8. The average Bonchev–Trinajstić information content (AvgIpc) is 2.93. The van der Waals surface area contributed by atoms with Gasteiger partial charge in [0, 0.05) is 13.0 Å². The highest BCUT2D eigenvalue weighted by Gasteiger charge is 2.34. The Morgan fingerprint density at radius 2 is 1.36 bits per heavy atom. The molecule has 0 aromatic heterocycles. The number of hydrogen-bond acceptors (Lipinski definition) is 5. The molecule has 0 aliphatic carbocycles. The molecule has 3 rings (SSSR count). The summed E-state index contributed by atoms with van der Waals surface area (Å²) in [4.78, 5) is 49.6. The highest BCUT2D eigenvalue weighted by atomic mass is 16.2. The summed E-state index contributed by atoms with van der Waals surface area (Å²) >= 11 is 0. The molecule has 2 N–H and O–H groups in total. The van der Waals surface area contributed by atoms with Gasteiger partial charge in [-0.3, -0.25) is 24.1 Å². The summed E-state index contributed by atoms with van der Waals surface area (Å²) in [6, 6.07) is 14.8. The van der Waals surface area contributed by atoms with E-state index in [2.05, 4.69) is 10.6 Å². The van der Waals surface area contributed by atoms with E-state index in [1.807, 2.05) is 0 Å². The van der Waals surface area contributed by atoms with Crippen molar-refractivity contribution in [1.82, 2.24) is 4.90 Å². The Labute approximate surface area is 160 Å². The standard InChI is InChI=1S/C20H16N4O4/c21-11-9-17(25)22-15-7-3-4-8-16(15)23-18(26)10-12-24-19(27)13-5-1-2-6-14(13)20(24)28/h1-8H,9-10,12H2,(H,22,25)(H,23,26). The number of anilines is 2. The van der Waals surface area contributed by atoms with Gasteiger partial charge in [-0.15, -0.1) is 0 Å². The number of carbonyl (C=O) groups is 4. The zero-order valence-electron chi connectivity index (χ0n) is 14.8. The molecular formula is C20H16N4O4. The molecule has 28 heavy (non-hydrogen) atoms. The van der Waals surface area contributed by atoms with E-state index >= 15 is 0 Å². The number of carbonyl (C=O) groups excluding carboxylic acids is 4. The van der Waals surface area contributed by atoms with E-state index in [4.69, 9.17) is 5.26 Å². The third kappa shape index (κ3) is 3.88. The van der Waals surface area contributed by atoms with Gasteiger partial charge < -0.3 is 10.6 Å². The van der Waals surface area contributed by atoms with E-state index in [1.54, 1.807) is 54.6 Å². The third-order valence-electron chi connectivity index (χ3n) is 4.16. The van der Waals surface area contributed by atoms with Crippen molar-refractivity contribution in [1.29, 1.82) is 5.26 Å². The lowest BCUT2D eigenvalue weighted by Crippen LogP contribution is -2.33. The summed E-state index contributed by atoms with van der Waals surface area (Å²) in [5, 5.41) is 13.8. The molecule has 0 saturated heterocycles. The second-order valence-corrected chi connectivity index (χ2v) is 6.03. The Kier molecular flexibility index (Phi) is 5.46. The normalized spacial score (nSPS) is 12.3. The monoisotopic (exact) mass is 376 g/mol. The molecule has 0 fully saturated rings. The van der Waals surface area contributed by atoms with E-state index in [-0.39, 0.29) is 19.4 Å². The Morgan fingerprint density at radius 3 is 1.89 bits per heavy atom. The minimum absolute atomic E-state index is 0.0544. The third-order valence-corrected chi connectivity index (χ3v) is 4.16. The number of nitrogens with zero attached hydrogens (tertiary/aromatic N) is 2. The minimum Gasteiger partial charge on any atom is -0.324 e. The van der Waals surface area contributed by atoms with Crippen LogP contribution in [0, 0.1) is 11.3 Å². The van der Waals surface area contributed by atoms with Crippen molar-refractivity contribution in [2.75, 3.05) is 17.2 Å². The molecule has 4 amide bonds. The molecule has 0 unspecified atom stereocenters. The van der Waals surface area contributed by atoms with Crippen LogP contribution in [0.2, 0.25) is 0 Å². The fraction of sp³-hybridized carbons (Fsp3) is 0.150. The molecule has 8 nitrogen and oxygen atoms in total.